The number of ketones is 1. The van der Waals surface area contributed by atoms with E-state index in [-0.39, 0.29) is 41.6 Å². The van der Waals surface area contributed by atoms with Crippen LogP contribution in [0.1, 0.15) is 68.6 Å². The number of carbonyl (C=O) groups excluding carboxylic acids is 1. The second kappa shape index (κ2) is 10.7. The van der Waals surface area contributed by atoms with Gasteiger partial charge in [0.15, 0.2) is 5.78 Å². The zero-order chi connectivity index (χ0) is 28.8. The van der Waals surface area contributed by atoms with Crippen molar-refractivity contribution < 1.29 is 28.7 Å². The van der Waals surface area contributed by atoms with Crippen LogP contribution in [0, 0.1) is 17.3 Å². The van der Waals surface area contributed by atoms with Crippen LogP contribution in [0.5, 0.6) is 5.75 Å². The number of ether oxygens (including phenoxy) is 1. The number of carbonyl (C=O) groups is 2. The first-order valence-electron chi connectivity index (χ1n) is 13.9. The number of nitrogens with one attached hydrogen (secondary N) is 1. The SMILES string of the molecule is C=C(C)NCc1cn(CC(=O)C[C@@H](Cc2cccc(C(=O)O)c2OC)B2O[C@@H]3C[C@@H]4C[C@@H](C4(C)C)[C@]3(C)O2)nn1. The molecule has 2 N–H and O–H groups in total. The van der Waals surface area contributed by atoms with Crippen LogP contribution < -0.4 is 10.1 Å². The molecular weight excluding hydrogens is 511 g/mol. The van der Waals surface area contributed by atoms with E-state index in [4.69, 9.17) is 14.0 Å². The van der Waals surface area contributed by atoms with Gasteiger partial charge in [-0.1, -0.05) is 37.8 Å². The molecule has 0 amide bonds. The van der Waals surface area contributed by atoms with Crippen LogP contribution in [0.25, 0.3) is 0 Å². The molecule has 1 saturated heterocycles. The van der Waals surface area contributed by atoms with Crippen LogP contribution in [0.2, 0.25) is 5.82 Å². The van der Waals surface area contributed by atoms with E-state index in [1.165, 1.54) is 17.9 Å². The lowest BCUT2D eigenvalue weighted by Gasteiger charge is -2.64. The predicted octanol–water partition coefficient (Wildman–Crippen LogP) is 3.91. The van der Waals surface area contributed by atoms with Crippen molar-refractivity contribution in [2.45, 2.75) is 84.0 Å². The number of methoxy groups -OCH3 is 1. The average molecular weight is 550 g/mol. The summed E-state index contributed by atoms with van der Waals surface area (Å²) in [5.74, 6) is -0.171. The van der Waals surface area contributed by atoms with Crippen molar-refractivity contribution in [1.82, 2.24) is 20.3 Å². The van der Waals surface area contributed by atoms with Crippen molar-refractivity contribution in [3.05, 3.63) is 53.5 Å². The van der Waals surface area contributed by atoms with Gasteiger partial charge in [-0.05, 0) is 62.0 Å². The number of carboxylic acids is 1. The number of allylic oxidation sites excluding steroid dienone is 1. The first kappa shape index (κ1) is 28.4. The number of hydrogen-bond acceptors (Lipinski definition) is 8. The van der Waals surface area contributed by atoms with Crippen molar-refractivity contribution in [2.24, 2.45) is 17.3 Å². The molecule has 5 atom stereocenters. The Labute approximate surface area is 235 Å². The Balaban J connectivity index is 1.37. The van der Waals surface area contributed by atoms with Gasteiger partial charge in [0.25, 0.3) is 0 Å². The molecule has 2 bridgehead atoms. The van der Waals surface area contributed by atoms with Gasteiger partial charge in [-0.2, -0.15) is 0 Å². The first-order valence-corrected chi connectivity index (χ1v) is 13.9. The van der Waals surface area contributed by atoms with Gasteiger partial charge in [-0.3, -0.25) is 4.79 Å². The number of hydrogen-bond donors (Lipinski definition) is 2. The monoisotopic (exact) mass is 550 g/mol. The van der Waals surface area contributed by atoms with Crippen LogP contribution in [0.15, 0.2) is 36.7 Å². The van der Waals surface area contributed by atoms with Crippen LogP contribution in [0.4, 0.5) is 0 Å². The second-order valence-corrected chi connectivity index (χ2v) is 12.4. The van der Waals surface area contributed by atoms with Crippen molar-refractivity contribution >= 4 is 18.9 Å². The highest BCUT2D eigenvalue weighted by atomic mass is 16.7. The van der Waals surface area contributed by atoms with Gasteiger partial charge in [0.2, 0.25) is 0 Å². The molecule has 11 heteroatoms. The Morgan fingerprint density at radius 1 is 1.32 bits per heavy atom. The molecule has 6 rings (SSSR count). The van der Waals surface area contributed by atoms with Gasteiger partial charge in [-0.25, -0.2) is 9.48 Å². The Kier molecular flexibility index (Phi) is 7.56. The highest BCUT2D eigenvalue weighted by Gasteiger charge is 2.68. The summed E-state index contributed by atoms with van der Waals surface area (Å²) in [5.41, 5.74) is 2.09. The molecule has 4 fully saturated rings. The minimum absolute atomic E-state index is 0.0298. The number of rotatable bonds is 12. The Bertz CT molecular complexity index is 1310. The fourth-order valence-electron chi connectivity index (χ4n) is 7.08. The summed E-state index contributed by atoms with van der Waals surface area (Å²) in [7, 11) is 0.863. The zero-order valence-corrected chi connectivity index (χ0v) is 24.0. The summed E-state index contributed by atoms with van der Waals surface area (Å²) < 4.78 is 20.4. The van der Waals surface area contributed by atoms with Crippen LogP contribution in [-0.2, 0) is 33.6 Å². The number of carboxylic acid groups (broad SMARTS) is 1. The lowest BCUT2D eigenvalue weighted by molar-refractivity contribution is -0.199. The van der Waals surface area contributed by atoms with Crippen LogP contribution in [-0.4, -0.2) is 57.8 Å². The number of nitrogens with zero attached hydrogens (tertiary/aromatic N) is 3. The molecule has 3 aliphatic carbocycles. The maximum atomic E-state index is 13.4. The number of aromatic carboxylic acids is 1. The second-order valence-electron chi connectivity index (χ2n) is 12.4. The standard InChI is InChI=1S/C29H39BN4O6/c1-17(2)31-14-21-15-34(33-32-21)16-22(35)13-20(10-18-8-7-9-23(27(36)37)26(18)38-6)30-39-25-12-19-11-24(28(19,3)4)29(25,5)40-30/h7-9,15,19-20,24-25,31H,1,10-14,16H2,2-6H3,(H,36,37)/t19-,20+,24-,25+,29-/m0/s1. The molecule has 214 valence electrons. The van der Waals surface area contributed by atoms with Crippen molar-refractivity contribution in [2.75, 3.05) is 7.11 Å². The minimum Gasteiger partial charge on any atom is -0.496 e. The van der Waals surface area contributed by atoms with Crippen LogP contribution in [0.3, 0.4) is 0 Å². The van der Waals surface area contributed by atoms with Crippen molar-refractivity contribution in [3.63, 3.8) is 0 Å². The Hall–Kier alpha value is -3.18. The van der Waals surface area contributed by atoms with Gasteiger partial charge in [0.05, 0.1) is 31.6 Å². The molecule has 10 nitrogen and oxygen atoms in total. The van der Waals surface area contributed by atoms with Crippen LogP contribution >= 0.6 is 0 Å². The van der Waals surface area contributed by atoms with E-state index in [0.29, 0.717) is 41.8 Å². The molecule has 40 heavy (non-hydrogen) atoms. The normalized spacial score (nSPS) is 26.9. The first-order chi connectivity index (χ1) is 18.9. The van der Waals surface area contributed by atoms with Crippen molar-refractivity contribution in [1.29, 1.82) is 0 Å². The fraction of sp³-hybridized carbons (Fsp3) is 0.586. The largest absolute Gasteiger partial charge is 0.496 e. The highest BCUT2D eigenvalue weighted by Crippen LogP contribution is 2.66. The topological polar surface area (TPSA) is 125 Å². The third-order valence-corrected chi connectivity index (χ3v) is 9.35. The smallest absolute Gasteiger partial charge is 0.461 e. The average Bonchev–Trinajstić information content (AvgIpc) is 3.49. The number of aromatic nitrogens is 3. The molecule has 0 spiro atoms. The molecule has 0 radical (unpaired) electrons. The third-order valence-electron chi connectivity index (χ3n) is 9.35. The third kappa shape index (κ3) is 5.17. The molecular formula is C29H39BN4O6. The van der Waals surface area contributed by atoms with E-state index in [0.717, 1.165) is 18.5 Å². The summed E-state index contributed by atoms with van der Waals surface area (Å²) >= 11 is 0. The maximum absolute atomic E-state index is 13.4. The zero-order valence-electron chi connectivity index (χ0n) is 24.0. The van der Waals surface area contributed by atoms with E-state index < -0.39 is 18.7 Å². The number of para-hydroxylation sites is 1. The molecule has 3 saturated carbocycles. The minimum atomic E-state index is -1.07. The van der Waals surface area contributed by atoms with Gasteiger partial charge >= 0.3 is 13.1 Å². The molecule has 4 aliphatic rings. The maximum Gasteiger partial charge on any atom is 0.461 e. The molecule has 1 aromatic heterocycles. The number of benzene rings is 1. The van der Waals surface area contributed by atoms with E-state index in [1.807, 2.05) is 13.0 Å². The Morgan fingerprint density at radius 3 is 2.77 bits per heavy atom. The summed E-state index contributed by atoms with van der Waals surface area (Å²) in [6.07, 6.45) is 4.32. The summed E-state index contributed by atoms with van der Waals surface area (Å²) in [4.78, 5) is 25.2. The van der Waals surface area contributed by atoms with Gasteiger partial charge in [0.1, 0.15) is 23.6 Å². The fourth-order valence-corrected chi connectivity index (χ4v) is 7.08. The molecule has 0 unspecified atom stereocenters. The molecule has 2 heterocycles. The van der Waals surface area contributed by atoms with Gasteiger partial charge in [0, 0.05) is 17.9 Å². The molecule has 2 aromatic rings. The summed E-state index contributed by atoms with van der Waals surface area (Å²) in [6, 6.07) is 5.05. The van der Waals surface area contributed by atoms with E-state index in [2.05, 4.69) is 43.0 Å². The molecule has 1 aliphatic heterocycles. The number of Topliss-reactive ketones (excluding diaryl/α,β-unsaturated/α-hetero) is 1. The summed E-state index contributed by atoms with van der Waals surface area (Å²) in [5, 5.41) is 21.0. The highest BCUT2D eigenvalue weighted by molar-refractivity contribution is 6.48. The Morgan fingerprint density at radius 2 is 2.10 bits per heavy atom. The van der Waals surface area contributed by atoms with Gasteiger partial charge in [-0.15, -0.1) is 5.10 Å². The van der Waals surface area contributed by atoms with Gasteiger partial charge < -0.3 is 24.5 Å². The lowest BCUT2D eigenvalue weighted by atomic mass is 9.43. The lowest BCUT2D eigenvalue weighted by Crippen LogP contribution is -2.65. The van der Waals surface area contributed by atoms with E-state index >= 15 is 0 Å². The quantitative estimate of drug-likeness (QED) is 0.379. The summed E-state index contributed by atoms with van der Waals surface area (Å²) in [6.45, 7) is 13.0. The van der Waals surface area contributed by atoms with E-state index in [1.54, 1.807) is 12.3 Å². The van der Waals surface area contributed by atoms with Crippen molar-refractivity contribution in [3.8, 4) is 5.75 Å². The predicted molar refractivity (Wildman–Crippen MR) is 149 cm³/mol. The molecule has 1 aromatic carbocycles. The van der Waals surface area contributed by atoms with E-state index in [9.17, 15) is 14.7 Å².